The molecule has 0 atom stereocenters. The lowest BCUT2D eigenvalue weighted by Crippen LogP contribution is -2.11. The smallest absolute Gasteiger partial charge is 0.305 e. The van der Waals surface area contributed by atoms with Crippen LogP contribution in [0.15, 0.2) is 0 Å². The zero-order valence-corrected chi connectivity index (χ0v) is 9.30. The number of carboxylic acids is 1. The Kier molecular flexibility index (Phi) is 5.41. The van der Waals surface area contributed by atoms with Crippen LogP contribution in [0, 0.1) is 0 Å². The first-order valence-corrected chi connectivity index (χ1v) is 5.28. The second-order valence-electron chi connectivity index (χ2n) is 3.32. The van der Waals surface area contributed by atoms with Crippen LogP contribution >= 0.6 is 0 Å². The van der Waals surface area contributed by atoms with Crippen molar-refractivity contribution in [1.82, 2.24) is 20.2 Å². The number of hydrogen-bond donors (Lipinski definition) is 1. The normalized spacial score (nSPS) is 10.6. The van der Waals surface area contributed by atoms with Gasteiger partial charge in [-0.3, -0.25) is 4.79 Å². The van der Waals surface area contributed by atoms with Gasteiger partial charge in [-0.25, -0.2) is 4.68 Å². The van der Waals surface area contributed by atoms with Crippen LogP contribution in [0.5, 0.6) is 0 Å². The minimum Gasteiger partial charge on any atom is -0.481 e. The van der Waals surface area contributed by atoms with E-state index in [1.54, 1.807) is 0 Å². The largest absolute Gasteiger partial charge is 0.481 e. The molecule has 0 aliphatic heterocycles. The molecule has 0 radical (unpaired) electrons. The first-order valence-electron chi connectivity index (χ1n) is 5.28. The molecule has 0 bridgehead atoms. The van der Waals surface area contributed by atoms with Crippen LogP contribution in [0.1, 0.15) is 25.6 Å². The van der Waals surface area contributed by atoms with Crippen LogP contribution < -0.4 is 0 Å². The van der Waals surface area contributed by atoms with Crippen LogP contribution in [0.25, 0.3) is 0 Å². The number of hydrogen-bond acceptors (Lipinski definition) is 5. The fourth-order valence-electron chi connectivity index (χ4n) is 1.19. The summed E-state index contributed by atoms with van der Waals surface area (Å²) < 4.78 is 6.81. The summed E-state index contributed by atoms with van der Waals surface area (Å²) in [5, 5.41) is 19.6. The summed E-state index contributed by atoms with van der Waals surface area (Å²) in [6, 6.07) is 0. The topological polar surface area (TPSA) is 90.1 Å². The Morgan fingerprint density at radius 1 is 1.50 bits per heavy atom. The lowest BCUT2D eigenvalue weighted by molar-refractivity contribution is -0.137. The number of aryl methyl sites for hydroxylation is 1. The first kappa shape index (κ1) is 12.6. The molecule has 1 rings (SSSR count). The fourth-order valence-corrected chi connectivity index (χ4v) is 1.19. The third-order valence-electron chi connectivity index (χ3n) is 1.96. The van der Waals surface area contributed by atoms with Gasteiger partial charge in [0.25, 0.3) is 0 Å². The molecule has 0 aliphatic carbocycles. The van der Waals surface area contributed by atoms with Crippen molar-refractivity contribution in [3.63, 3.8) is 0 Å². The van der Waals surface area contributed by atoms with Gasteiger partial charge in [0.1, 0.15) is 0 Å². The van der Waals surface area contributed by atoms with E-state index in [0.717, 1.165) is 13.0 Å². The van der Waals surface area contributed by atoms with Crippen LogP contribution in [-0.4, -0.2) is 44.5 Å². The lowest BCUT2D eigenvalue weighted by Gasteiger charge is -2.03. The van der Waals surface area contributed by atoms with Gasteiger partial charge in [-0.2, -0.15) is 0 Å². The number of aliphatic carboxylic acids is 1. The highest BCUT2D eigenvalue weighted by atomic mass is 16.5. The molecule has 1 N–H and O–H groups in total. The molecule has 1 heterocycles. The van der Waals surface area contributed by atoms with Crippen molar-refractivity contribution in [3.8, 4) is 0 Å². The number of tetrazole rings is 1. The summed E-state index contributed by atoms with van der Waals surface area (Å²) in [6.07, 6.45) is 1.60. The number of nitrogens with zero attached hydrogens (tertiary/aromatic N) is 4. The number of ether oxygens (including phenoxy) is 1. The average molecular weight is 228 g/mol. The van der Waals surface area contributed by atoms with Gasteiger partial charge in [0.05, 0.1) is 19.6 Å². The highest BCUT2D eigenvalue weighted by Gasteiger charge is 2.07. The zero-order chi connectivity index (χ0) is 11.8. The summed E-state index contributed by atoms with van der Waals surface area (Å²) >= 11 is 0. The second kappa shape index (κ2) is 6.89. The third-order valence-corrected chi connectivity index (χ3v) is 1.96. The molecule has 1 aromatic rings. The summed E-state index contributed by atoms with van der Waals surface area (Å²) in [7, 11) is 0. The maximum atomic E-state index is 10.4. The summed E-state index contributed by atoms with van der Waals surface area (Å²) in [4.78, 5) is 10.4. The molecule has 0 amide bonds. The van der Waals surface area contributed by atoms with Crippen molar-refractivity contribution >= 4 is 5.97 Å². The molecule has 0 fully saturated rings. The van der Waals surface area contributed by atoms with E-state index < -0.39 is 5.97 Å². The van der Waals surface area contributed by atoms with Gasteiger partial charge >= 0.3 is 5.97 Å². The second-order valence-corrected chi connectivity index (χ2v) is 3.32. The van der Waals surface area contributed by atoms with Crippen LogP contribution in [-0.2, 0) is 22.5 Å². The Morgan fingerprint density at radius 2 is 2.31 bits per heavy atom. The van der Waals surface area contributed by atoms with E-state index in [1.165, 1.54) is 4.68 Å². The molecule has 1 aromatic heterocycles. The van der Waals surface area contributed by atoms with Gasteiger partial charge in [0, 0.05) is 13.0 Å². The highest BCUT2D eigenvalue weighted by molar-refractivity contribution is 5.66. The summed E-state index contributed by atoms with van der Waals surface area (Å²) in [5.74, 6) is -0.193. The molecule has 7 nitrogen and oxygen atoms in total. The summed E-state index contributed by atoms with van der Waals surface area (Å²) in [5.41, 5.74) is 0. The molecule has 7 heteroatoms. The van der Waals surface area contributed by atoms with Gasteiger partial charge < -0.3 is 9.84 Å². The Balaban J connectivity index is 2.35. The van der Waals surface area contributed by atoms with E-state index in [4.69, 9.17) is 9.84 Å². The first-order chi connectivity index (χ1) is 7.74. The van der Waals surface area contributed by atoms with Crippen molar-refractivity contribution in [1.29, 1.82) is 0 Å². The van der Waals surface area contributed by atoms with Crippen molar-refractivity contribution in [3.05, 3.63) is 5.82 Å². The molecule has 0 saturated carbocycles. The van der Waals surface area contributed by atoms with Crippen LogP contribution in [0.3, 0.4) is 0 Å². The molecule has 0 unspecified atom stereocenters. The van der Waals surface area contributed by atoms with E-state index in [9.17, 15) is 4.79 Å². The fraction of sp³-hybridized carbons (Fsp3) is 0.778. The number of rotatable bonds is 8. The van der Waals surface area contributed by atoms with Gasteiger partial charge in [-0.05, 0) is 16.8 Å². The van der Waals surface area contributed by atoms with E-state index in [0.29, 0.717) is 25.4 Å². The van der Waals surface area contributed by atoms with E-state index >= 15 is 0 Å². The van der Waals surface area contributed by atoms with Gasteiger partial charge in [-0.15, -0.1) is 5.10 Å². The number of carbonyl (C=O) groups is 1. The average Bonchev–Trinajstić information content (AvgIpc) is 2.69. The van der Waals surface area contributed by atoms with Gasteiger partial charge in [-0.1, -0.05) is 6.92 Å². The number of carboxylic acid groups (broad SMARTS) is 1. The standard InChI is InChI=1S/C9H16N4O3/c1-2-6-16-7-4-8-10-11-12-13(8)5-3-9(14)15/h2-7H2,1H3,(H,14,15). The molecule has 90 valence electrons. The maximum absolute atomic E-state index is 10.4. The Morgan fingerprint density at radius 3 is 3.00 bits per heavy atom. The van der Waals surface area contributed by atoms with E-state index in [1.807, 2.05) is 6.92 Å². The molecular weight excluding hydrogens is 212 g/mol. The molecule has 0 aliphatic rings. The Hall–Kier alpha value is -1.50. The van der Waals surface area contributed by atoms with Gasteiger partial charge in [0.15, 0.2) is 5.82 Å². The molecule has 0 spiro atoms. The quantitative estimate of drug-likeness (QED) is 0.635. The predicted molar refractivity (Wildman–Crippen MR) is 54.9 cm³/mol. The SMILES string of the molecule is CCCOCCc1nnnn1CCC(=O)O. The molecular formula is C9H16N4O3. The highest BCUT2D eigenvalue weighted by Crippen LogP contribution is 1.97. The lowest BCUT2D eigenvalue weighted by atomic mass is 10.4. The van der Waals surface area contributed by atoms with Crippen molar-refractivity contribution < 1.29 is 14.6 Å². The van der Waals surface area contributed by atoms with Crippen LogP contribution in [0.4, 0.5) is 0 Å². The van der Waals surface area contributed by atoms with Crippen molar-refractivity contribution in [2.75, 3.05) is 13.2 Å². The molecule has 0 saturated heterocycles. The Labute approximate surface area is 93.4 Å². The monoisotopic (exact) mass is 228 g/mol. The Bertz CT molecular complexity index is 326. The van der Waals surface area contributed by atoms with E-state index in [-0.39, 0.29) is 6.42 Å². The maximum Gasteiger partial charge on any atom is 0.305 e. The third kappa shape index (κ3) is 4.35. The van der Waals surface area contributed by atoms with Gasteiger partial charge in [0.2, 0.25) is 0 Å². The molecule has 16 heavy (non-hydrogen) atoms. The van der Waals surface area contributed by atoms with E-state index in [2.05, 4.69) is 15.5 Å². The zero-order valence-electron chi connectivity index (χ0n) is 9.30. The molecule has 0 aromatic carbocycles. The van der Waals surface area contributed by atoms with Crippen LogP contribution in [0.2, 0.25) is 0 Å². The predicted octanol–water partition coefficient (Wildman–Crippen LogP) is 0.117. The van der Waals surface area contributed by atoms with Crippen molar-refractivity contribution in [2.24, 2.45) is 0 Å². The van der Waals surface area contributed by atoms with Crippen molar-refractivity contribution in [2.45, 2.75) is 32.7 Å². The summed E-state index contributed by atoms with van der Waals surface area (Å²) in [6.45, 7) is 3.61. The minimum absolute atomic E-state index is 0.0217. The minimum atomic E-state index is -0.858. The number of aromatic nitrogens is 4.